The Morgan fingerprint density at radius 2 is 1.19 bits per heavy atom. The molecule has 10 heteroatoms. The quantitative estimate of drug-likeness (QED) is 0.0461. The summed E-state index contributed by atoms with van der Waals surface area (Å²) in [5.74, 6) is -1.25. The van der Waals surface area contributed by atoms with Gasteiger partial charge in [-0.3, -0.25) is 0 Å². The molecule has 0 amide bonds. The second-order valence-electron chi connectivity index (χ2n) is 15.2. The number of para-hydroxylation sites is 2. The third-order valence-corrected chi connectivity index (χ3v) is 14.1. The van der Waals surface area contributed by atoms with Gasteiger partial charge in [-0.15, -0.1) is 34.0 Å². The summed E-state index contributed by atoms with van der Waals surface area (Å²) in [6.45, 7) is 4.45. The van der Waals surface area contributed by atoms with Crippen molar-refractivity contribution in [2.75, 3.05) is 4.90 Å². The summed E-state index contributed by atoms with van der Waals surface area (Å²) in [6, 6.07) is 45.5. The van der Waals surface area contributed by atoms with Crippen LogP contribution >= 0.6 is 34.0 Å². The van der Waals surface area contributed by atoms with E-state index in [-0.39, 0.29) is 5.57 Å². The maximum atomic E-state index is 11.3. The fourth-order valence-corrected chi connectivity index (χ4v) is 10.5. The summed E-state index contributed by atoms with van der Waals surface area (Å²) in [5, 5.41) is 30.7. The molecule has 0 aliphatic carbocycles. The number of hydrogen-bond donors (Lipinski definition) is 1. The van der Waals surface area contributed by atoms with Crippen LogP contribution in [-0.4, -0.2) is 21.0 Å². The number of carbonyl (C=O) groups is 1. The van der Waals surface area contributed by atoms with Gasteiger partial charge in [0.2, 0.25) is 0 Å². The van der Waals surface area contributed by atoms with E-state index in [0.717, 1.165) is 103 Å². The lowest BCUT2D eigenvalue weighted by Gasteiger charge is -2.25. The minimum atomic E-state index is -1.25. The van der Waals surface area contributed by atoms with Crippen LogP contribution in [0.2, 0.25) is 0 Å². The van der Waals surface area contributed by atoms with Crippen LogP contribution in [-0.2, 0) is 17.6 Å². The zero-order chi connectivity index (χ0) is 44.0. The Kier molecular flexibility index (Phi) is 15.6. The van der Waals surface area contributed by atoms with Gasteiger partial charge in [0.1, 0.15) is 11.6 Å². The molecule has 7 rings (SSSR count). The van der Waals surface area contributed by atoms with Crippen molar-refractivity contribution in [3.05, 3.63) is 154 Å². The van der Waals surface area contributed by atoms with Crippen LogP contribution in [0, 0.1) is 22.7 Å². The molecule has 63 heavy (non-hydrogen) atoms. The summed E-state index contributed by atoms with van der Waals surface area (Å²) in [4.78, 5) is 28.0. The second kappa shape index (κ2) is 22.1. The third kappa shape index (κ3) is 11.3. The highest BCUT2D eigenvalue weighted by Gasteiger charge is 2.21. The van der Waals surface area contributed by atoms with E-state index in [1.165, 1.54) is 48.0 Å². The molecule has 4 aromatic carbocycles. The maximum Gasteiger partial charge on any atom is 0.346 e. The minimum Gasteiger partial charge on any atom is -0.477 e. The van der Waals surface area contributed by atoms with Gasteiger partial charge in [0.25, 0.3) is 0 Å². The second-order valence-corrected chi connectivity index (χ2v) is 18.4. The van der Waals surface area contributed by atoms with Gasteiger partial charge in [0, 0.05) is 26.8 Å². The van der Waals surface area contributed by atoms with Crippen LogP contribution in [0.15, 0.2) is 127 Å². The van der Waals surface area contributed by atoms with Crippen molar-refractivity contribution >= 4 is 74.8 Å². The molecule has 0 spiro atoms. The summed E-state index contributed by atoms with van der Waals surface area (Å²) < 4.78 is 0. The number of carboxylic acid groups (broad SMARTS) is 1. The first-order chi connectivity index (χ1) is 30.9. The van der Waals surface area contributed by atoms with Crippen molar-refractivity contribution in [1.29, 1.82) is 10.5 Å². The topological polar surface area (TPSA) is 114 Å². The molecule has 3 heterocycles. The number of anilines is 3. The molecule has 0 bridgehead atoms. The molecular weight excluding hydrogens is 835 g/mol. The van der Waals surface area contributed by atoms with E-state index < -0.39 is 5.97 Å². The zero-order valence-electron chi connectivity index (χ0n) is 35.6. The van der Waals surface area contributed by atoms with Crippen LogP contribution in [0.3, 0.4) is 0 Å². The van der Waals surface area contributed by atoms with Gasteiger partial charge < -0.3 is 10.0 Å². The number of benzene rings is 4. The lowest BCUT2D eigenvalue weighted by Crippen LogP contribution is -2.09. The molecule has 3 aromatic heterocycles. The molecule has 0 fully saturated rings. The van der Waals surface area contributed by atoms with Crippen LogP contribution < -0.4 is 4.90 Å². The number of unbranched alkanes of at least 4 members (excludes halogenated alkanes) is 6. The van der Waals surface area contributed by atoms with Crippen LogP contribution in [0.25, 0.3) is 48.6 Å². The number of aromatic nitrogens is 2. The van der Waals surface area contributed by atoms with Crippen molar-refractivity contribution in [3.8, 4) is 43.0 Å². The number of nitriles is 2. The fraction of sp³-hybridized carbons (Fsp3) is 0.226. The van der Waals surface area contributed by atoms with E-state index in [2.05, 4.69) is 97.6 Å². The molecule has 7 aromatic rings. The SMILES string of the molecule is CCCCCCc1nc(-c2nc(CCCCCC)c(-c3ccc(N(c4ccccc4)c4ccccc4)cc3)s2)sc1/C=C(\C#N)c1ccc(-c2ccc(/C=C(/C#N)C(=O)O)s2)cc1. The highest BCUT2D eigenvalue weighted by atomic mass is 32.1. The Balaban J connectivity index is 1.20. The zero-order valence-corrected chi connectivity index (χ0v) is 38.0. The fourth-order valence-electron chi connectivity index (χ4n) is 7.38. The van der Waals surface area contributed by atoms with Crippen LogP contribution in [0.1, 0.15) is 91.9 Å². The predicted octanol–water partition coefficient (Wildman–Crippen LogP) is 15.4. The van der Waals surface area contributed by atoms with Crippen molar-refractivity contribution in [1.82, 2.24) is 9.97 Å². The molecule has 1 N–H and O–H groups in total. The molecular formula is C53H49N5O2S3. The molecule has 0 aliphatic heterocycles. The first-order valence-corrected chi connectivity index (χ1v) is 24.0. The highest BCUT2D eigenvalue weighted by Crippen LogP contribution is 2.42. The molecule has 0 saturated carbocycles. The summed E-state index contributed by atoms with van der Waals surface area (Å²) >= 11 is 4.73. The predicted molar refractivity (Wildman–Crippen MR) is 263 cm³/mol. The van der Waals surface area contributed by atoms with Crippen molar-refractivity contribution in [2.24, 2.45) is 0 Å². The van der Waals surface area contributed by atoms with Crippen molar-refractivity contribution < 1.29 is 9.90 Å². The van der Waals surface area contributed by atoms with Gasteiger partial charge in [-0.05, 0) is 103 Å². The van der Waals surface area contributed by atoms with Crippen molar-refractivity contribution in [3.63, 3.8) is 0 Å². The Morgan fingerprint density at radius 1 is 0.619 bits per heavy atom. The van der Waals surface area contributed by atoms with Gasteiger partial charge in [-0.1, -0.05) is 125 Å². The van der Waals surface area contributed by atoms with Gasteiger partial charge in [-0.2, -0.15) is 10.5 Å². The molecule has 0 atom stereocenters. The molecule has 0 unspecified atom stereocenters. The summed E-state index contributed by atoms with van der Waals surface area (Å²) in [6.07, 6.45) is 14.2. The molecule has 316 valence electrons. The third-order valence-electron chi connectivity index (χ3n) is 10.7. The van der Waals surface area contributed by atoms with E-state index >= 15 is 0 Å². The smallest absolute Gasteiger partial charge is 0.346 e. The van der Waals surface area contributed by atoms with E-state index in [1.54, 1.807) is 34.8 Å². The normalized spacial score (nSPS) is 11.6. The summed E-state index contributed by atoms with van der Waals surface area (Å²) in [7, 11) is 0. The van der Waals surface area contributed by atoms with Gasteiger partial charge in [-0.25, -0.2) is 14.8 Å². The van der Waals surface area contributed by atoms with Gasteiger partial charge >= 0.3 is 5.97 Å². The van der Waals surface area contributed by atoms with Crippen molar-refractivity contribution in [2.45, 2.75) is 78.1 Å². The van der Waals surface area contributed by atoms with E-state index in [9.17, 15) is 20.4 Å². The number of aliphatic carboxylic acids is 1. The maximum absolute atomic E-state index is 11.3. The lowest BCUT2D eigenvalue weighted by atomic mass is 10.0. The monoisotopic (exact) mass is 883 g/mol. The molecule has 0 aliphatic rings. The first-order valence-electron chi connectivity index (χ1n) is 21.6. The number of aryl methyl sites for hydroxylation is 2. The average Bonchev–Trinajstić information content (AvgIpc) is 4.08. The summed E-state index contributed by atoms with van der Waals surface area (Å²) in [5.41, 5.74) is 8.52. The van der Waals surface area contributed by atoms with E-state index in [1.807, 2.05) is 48.5 Å². The number of rotatable bonds is 20. The Bertz CT molecular complexity index is 2710. The van der Waals surface area contributed by atoms with E-state index in [0.29, 0.717) is 10.5 Å². The Labute approximate surface area is 382 Å². The lowest BCUT2D eigenvalue weighted by molar-refractivity contribution is -0.132. The number of thiophene rings is 1. The molecule has 0 saturated heterocycles. The number of thiazole rings is 2. The van der Waals surface area contributed by atoms with Crippen LogP contribution in [0.4, 0.5) is 17.1 Å². The highest BCUT2D eigenvalue weighted by molar-refractivity contribution is 7.23. The number of allylic oxidation sites excluding steroid dienone is 1. The van der Waals surface area contributed by atoms with Gasteiger partial charge in [0.15, 0.2) is 10.0 Å². The Hall–Kier alpha value is -6.43. The molecule has 7 nitrogen and oxygen atoms in total. The number of nitrogens with zero attached hydrogens (tertiary/aromatic N) is 5. The number of hydrogen-bond acceptors (Lipinski definition) is 9. The average molecular weight is 884 g/mol. The standard InChI is InChI=1S/C53H49N5O2S3/c1-3-5-7-15-21-46-49(34-40(35-54)37-23-25-38(26-24-37)48-32-31-45(61-48)33-41(36-55)53(59)60)62-51(56-46)52-57-47(22-16-8-6-4-2)50(63-52)39-27-29-44(30-28-39)58(42-17-11-9-12-18-42)43-19-13-10-14-20-43/h9-14,17-20,23-34H,3-8,15-16,21-22H2,1-2H3,(H,59,60)/b40-34+,41-33-. The minimum absolute atomic E-state index is 0.308. The largest absolute Gasteiger partial charge is 0.477 e. The number of carboxylic acids is 1. The Morgan fingerprint density at radius 3 is 1.78 bits per heavy atom. The first kappa shape index (κ1) is 44.6. The van der Waals surface area contributed by atoms with E-state index in [4.69, 9.17) is 9.97 Å². The van der Waals surface area contributed by atoms with Gasteiger partial charge in [0.05, 0.1) is 32.8 Å². The molecule has 0 radical (unpaired) electrons. The van der Waals surface area contributed by atoms with Crippen LogP contribution in [0.5, 0.6) is 0 Å².